The number of nitrogens with zero attached hydrogens (tertiary/aromatic N) is 6. The van der Waals surface area contributed by atoms with Crippen LogP contribution in [0, 0.1) is 23.2 Å². The van der Waals surface area contributed by atoms with Gasteiger partial charge in [-0.05, 0) is 36.8 Å². The lowest BCUT2D eigenvalue weighted by atomic mass is 9.89. The molecule has 0 spiro atoms. The number of carbonyl (C=O) groups excluding carboxylic acids is 1. The number of carbonyl (C=O) groups is 1. The van der Waals surface area contributed by atoms with E-state index in [0.717, 1.165) is 49.1 Å². The highest BCUT2D eigenvalue weighted by molar-refractivity contribution is 5.86. The van der Waals surface area contributed by atoms with E-state index in [2.05, 4.69) is 35.9 Å². The average molecular weight is 433 g/mol. The lowest BCUT2D eigenvalue weighted by Crippen LogP contribution is -2.34. The summed E-state index contributed by atoms with van der Waals surface area (Å²) in [7, 11) is 1.67. The van der Waals surface area contributed by atoms with Crippen LogP contribution >= 0.6 is 0 Å². The fourth-order valence-corrected chi connectivity index (χ4v) is 4.32. The Morgan fingerprint density at radius 3 is 2.88 bits per heavy atom. The van der Waals surface area contributed by atoms with Crippen molar-refractivity contribution < 1.29 is 14.3 Å². The van der Waals surface area contributed by atoms with Gasteiger partial charge in [0.1, 0.15) is 11.4 Å². The number of fused-ring (bicyclic) bond motifs is 1. The van der Waals surface area contributed by atoms with Crippen molar-refractivity contribution in [1.29, 1.82) is 5.26 Å². The predicted octanol–water partition coefficient (Wildman–Crippen LogP) is 2.49. The molecule has 32 heavy (non-hydrogen) atoms. The number of pyridine rings is 1. The molecule has 1 saturated heterocycles. The minimum Gasteiger partial charge on any atom is -0.496 e. The molecule has 1 N–H and O–H groups in total. The van der Waals surface area contributed by atoms with Crippen LogP contribution in [-0.2, 0) is 0 Å². The maximum atomic E-state index is 11.3. The van der Waals surface area contributed by atoms with Crippen molar-refractivity contribution in [3.8, 4) is 17.8 Å². The molecule has 0 aromatic carbocycles. The first-order valence-corrected chi connectivity index (χ1v) is 10.7. The molecule has 1 saturated carbocycles. The van der Waals surface area contributed by atoms with E-state index in [9.17, 15) is 4.79 Å². The van der Waals surface area contributed by atoms with E-state index >= 15 is 0 Å². The maximum Gasteiger partial charge on any atom is 0.321 e. The number of hydrogen-bond acceptors (Lipinski definition) is 9. The van der Waals surface area contributed by atoms with E-state index in [4.69, 9.17) is 14.7 Å². The quantitative estimate of drug-likeness (QED) is 0.558. The molecule has 10 nitrogen and oxygen atoms in total. The third-order valence-corrected chi connectivity index (χ3v) is 6.24. The largest absolute Gasteiger partial charge is 0.496 e. The van der Waals surface area contributed by atoms with E-state index in [1.807, 2.05) is 12.3 Å². The molecule has 164 valence electrons. The zero-order chi connectivity index (χ0) is 22.1. The Labute approximate surface area is 184 Å². The Morgan fingerprint density at radius 1 is 1.31 bits per heavy atom. The van der Waals surface area contributed by atoms with Crippen molar-refractivity contribution in [1.82, 2.24) is 24.9 Å². The van der Waals surface area contributed by atoms with Gasteiger partial charge in [0.15, 0.2) is 6.29 Å². The van der Waals surface area contributed by atoms with Crippen LogP contribution in [0.15, 0.2) is 18.5 Å². The number of rotatable bonds is 7. The molecule has 2 fully saturated rings. The van der Waals surface area contributed by atoms with Gasteiger partial charge >= 0.3 is 6.01 Å². The molecule has 4 heterocycles. The van der Waals surface area contributed by atoms with Crippen molar-refractivity contribution in [2.24, 2.45) is 11.8 Å². The van der Waals surface area contributed by atoms with Crippen molar-refractivity contribution in [2.45, 2.75) is 25.2 Å². The summed E-state index contributed by atoms with van der Waals surface area (Å²) in [6.45, 7) is 1.85. The number of nitrogens with one attached hydrogen (secondary N) is 1. The maximum absolute atomic E-state index is 11.3. The van der Waals surface area contributed by atoms with Crippen LogP contribution in [0.25, 0.3) is 11.0 Å². The normalized spacial score (nSPS) is 20.7. The van der Waals surface area contributed by atoms with Gasteiger partial charge in [0, 0.05) is 31.4 Å². The molecule has 2 aliphatic rings. The molecule has 10 heteroatoms. The summed E-state index contributed by atoms with van der Waals surface area (Å²) in [6, 6.07) is 4.25. The highest BCUT2D eigenvalue weighted by Gasteiger charge is 2.38. The molecule has 2 unspecified atom stereocenters. The van der Waals surface area contributed by atoms with Gasteiger partial charge in [-0.15, -0.1) is 0 Å². The molecule has 5 rings (SSSR count). The summed E-state index contributed by atoms with van der Waals surface area (Å²) < 4.78 is 11.2. The molecule has 1 aliphatic heterocycles. The first-order valence-electron chi connectivity index (χ1n) is 10.7. The first kappa shape index (κ1) is 20.2. The molecule has 0 radical (unpaired) electrons. The number of aromatic amines is 1. The topological polar surface area (TPSA) is 130 Å². The first-order chi connectivity index (χ1) is 15.7. The standard InChI is InChI=1S/C22H23N7O3/c1-31-17-2-5-24-20-19(17)16(10-25-20)13-3-6-29(7-4-13)21-26-18(11-30)27-22(28-21)32-12-15-8-14(15)9-23/h2,5,10-11,13-15H,3-4,6-8,12H2,1H3,(H,24,25). The Kier molecular flexibility index (Phi) is 5.31. The second-order valence-corrected chi connectivity index (χ2v) is 8.18. The Balaban J connectivity index is 1.29. The summed E-state index contributed by atoms with van der Waals surface area (Å²) >= 11 is 0. The molecule has 3 aromatic rings. The lowest BCUT2D eigenvalue weighted by Gasteiger charge is -2.32. The number of piperidine rings is 1. The third-order valence-electron chi connectivity index (χ3n) is 6.24. The molecule has 3 aromatic heterocycles. The van der Waals surface area contributed by atoms with Crippen LogP contribution in [0.4, 0.5) is 5.95 Å². The van der Waals surface area contributed by atoms with E-state index in [-0.39, 0.29) is 23.7 Å². The van der Waals surface area contributed by atoms with Crippen LogP contribution in [0.3, 0.4) is 0 Å². The van der Waals surface area contributed by atoms with Crippen LogP contribution in [0.2, 0.25) is 0 Å². The summed E-state index contributed by atoms with van der Waals surface area (Å²) in [5, 5.41) is 9.97. The molecule has 1 aliphatic carbocycles. The fourth-order valence-electron chi connectivity index (χ4n) is 4.32. The molecular formula is C22H23N7O3. The average Bonchev–Trinajstić information content (AvgIpc) is 3.48. The third kappa shape index (κ3) is 3.82. The van der Waals surface area contributed by atoms with E-state index in [1.54, 1.807) is 13.3 Å². The Hall–Kier alpha value is -3.74. The highest BCUT2D eigenvalue weighted by atomic mass is 16.5. The summed E-state index contributed by atoms with van der Waals surface area (Å²) in [5.41, 5.74) is 2.03. The van der Waals surface area contributed by atoms with Gasteiger partial charge in [-0.1, -0.05) is 0 Å². The van der Waals surface area contributed by atoms with E-state index in [0.29, 0.717) is 24.8 Å². The smallest absolute Gasteiger partial charge is 0.321 e. The van der Waals surface area contributed by atoms with Gasteiger partial charge in [-0.3, -0.25) is 4.79 Å². The number of anilines is 1. The van der Waals surface area contributed by atoms with Crippen LogP contribution in [0.1, 0.15) is 41.4 Å². The van der Waals surface area contributed by atoms with Gasteiger partial charge in [-0.2, -0.15) is 20.2 Å². The lowest BCUT2D eigenvalue weighted by molar-refractivity contribution is 0.111. The van der Waals surface area contributed by atoms with Gasteiger partial charge in [0.05, 0.1) is 31.1 Å². The number of H-pyrrole nitrogens is 1. The molecule has 2 atom stereocenters. The number of methoxy groups -OCH3 is 1. The second kappa shape index (κ2) is 8.42. The number of hydrogen-bond donors (Lipinski definition) is 1. The van der Waals surface area contributed by atoms with Crippen LogP contribution in [-0.4, -0.2) is 58.0 Å². The monoisotopic (exact) mass is 433 g/mol. The van der Waals surface area contributed by atoms with Gasteiger partial charge < -0.3 is 19.4 Å². The second-order valence-electron chi connectivity index (χ2n) is 8.18. The van der Waals surface area contributed by atoms with Crippen molar-refractivity contribution in [3.63, 3.8) is 0 Å². The molecule has 0 bridgehead atoms. The van der Waals surface area contributed by atoms with Crippen LogP contribution in [0.5, 0.6) is 11.8 Å². The minimum atomic E-state index is 0.0409. The predicted molar refractivity (Wildman–Crippen MR) is 115 cm³/mol. The van der Waals surface area contributed by atoms with Gasteiger partial charge in [0.25, 0.3) is 0 Å². The zero-order valence-corrected chi connectivity index (χ0v) is 17.7. The van der Waals surface area contributed by atoms with E-state index < -0.39 is 0 Å². The highest BCUT2D eigenvalue weighted by Crippen LogP contribution is 2.38. The molecular weight excluding hydrogens is 410 g/mol. The summed E-state index contributed by atoms with van der Waals surface area (Å²) in [4.78, 5) is 33.8. The molecule has 0 amide bonds. The summed E-state index contributed by atoms with van der Waals surface area (Å²) in [6.07, 6.45) is 6.98. The van der Waals surface area contributed by atoms with Crippen molar-refractivity contribution in [2.75, 3.05) is 31.7 Å². The number of ether oxygens (including phenoxy) is 2. The van der Waals surface area contributed by atoms with E-state index in [1.165, 1.54) is 5.56 Å². The fraction of sp³-hybridized carbons (Fsp3) is 0.455. The van der Waals surface area contributed by atoms with Gasteiger partial charge in [-0.25, -0.2) is 4.98 Å². The minimum absolute atomic E-state index is 0.0409. The van der Waals surface area contributed by atoms with Crippen molar-refractivity contribution in [3.05, 3.63) is 29.8 Å². The van der Waals surface area contributed by atoms with Gasteiger partial charge in [0.2, 0.25) is 11.8 Å². The number of aldehydes is 1. The van der Waals surface area contributed by atoms with Crippen LogP contribution < -0.4 is 14.4 Å². The Morgan fingerprint density at radius 2 is 2.16 bits per heavy atom. The zero-order valence-electron chi connectivity index (χ0n) is 17.7. The van der Waals surface area contributed by atoms with Crippen molar-refractivity contribution >= 4 is 23.3 Å². The number of aromatic nitrogens is 5. The SMILES string of the molecule is COc1ccnc2[nH]cc(C3CCN(c4nc(C=O)nc(OCC5CC5C#N)n4)CC3)c12. The number of nitriles is 1. The summed E-state index contributed by atoms with van der Waals surface area (Å²) in [5.74, 6) is 1.91. The Bertz CT molecular complexity index is 1180.